The third-order valence-corrected chi connectivity index (χ3v) is 2.88. The van der Waals surface area contributed by atoms with Crippen molar-refractivity contribution in [2.75, 3.05) is 17.6 Å². The molecular formula is C7H9ClN6O2S. The fourth-order valence-corrected chi connectivity index (χ4v) is 1.80. The van der Waals surface area contributed by atoms with Crippen molar-refractivity contribution in [2.24, 2.45) is 5.14 Å². The first-order valence-corrected chi connectivity index (χ1v) is 6.66. The molecule has 92 valence electrons. The van der Waals surface area contributed by atoms with E-state index in [1.54, 1.807) is 0 Å². The lowest BCUT2D eigenvalue weighted by Gasteiger charge is -2.06. The number of rotatable bonds is 4. The Kier molecular flexibility index (Phi) is 3.13. The minimum Gasteiger partial charge on any atom is -0.369 e. The van der Waals surface area contributed by atoms with Crippen LogP contribution in [0.25, 0.3) is 5.78 Å². The van der Waals surface area contributed by atoms with Gasteiger partial charge in [0.2, 0.25) is 10.0 Å². The number of fused-ring (bicyclic) bond motifs is 1. The van der Waals surface area contributed by atoms with Crippen LogP contribution >= 0.6 is 11.6 Å². The highest BCUT2D eigenvalue weighted by molar-refractivity contribution is 7.89. The molecule has 17 heavy (non-hydrogen) atoms. The Balaban J connectivity index is 2.20. The summed E-state index contributed by atoms with van der Waals surface area (Å²) in [4.78, 5) is 7.80. The van der Waals surface area contributed by atoms with Gasteiger partial charge in [-0.2, -0.15) is 19.6 Å². The molecule has 0 aliphatic carbocycles. The molecule has 0 aliphatic heterocycles. The average molecular weight is 277 g/mol. The van der Waals surface area contributed by atoms with E-state index in [0.717, 1.165) is 0 Å². The zero-order chi connectivity index (χ0) is 12.5. The van der Waals surface area contributed by atoms with Crippen molar-refractivity contribution < 1.29 is 8.42 Å². The number of nitrogens with two attached hydrogens (primary N) is 1. The van der Waals surface area contributed by atoms with Gasteiger partial charge >= 0.3 is 0 Å². The van der Waals surface area contributed by atoms with Gasteiger partial charge in [0, 0.05) is 12.6 Å². The number of nitrogens with one attached hydrogen (secondary N) is 1. The molecular weight excluding hydrogens is 268 g/mol. The van der Waals surface area contributed by atoms with E-state index in [-0.39, 0.29) is 17.5 Å². The third-order valence-electron chi connectivity index (χ3n) is 1.91. The lowest BCUT2D eigenvalue weighted by atomic mass is 10.5. The van der Waals surface area contributed by atoms with Crippen LogP contribution < -0.4 is 10.5 Å². The van der Waals surface area contributed by atoms with Crippen molar-refractivity contribution in [2.45, 2.75) is 0 Å². The summed E-state index contributed by atoms with van der Waals surface area (Å²) in [5.74, 6) is 0.639. The Morgan fingerprint density at radius 3 is 3.00 bits per heavy atom. The first-order valence-electron chi connectivity index (χ1n) is 4.56. The number of aromatic nitrogens is 4. The van der Waals surface area contributed by atoms with Gasteiger partial charge in [-0.3, -0.25) is 0 Å². The second-order valence-corrected chi connectivity index (χ2v) is 5.35. The van der Waals surface area contributed by atoms with Crippen LogP contribution in [0.1, 0.15) is 0 Å². The molecule has 0 aliphatic rings. The number of hydrogen-bond donors (Lipinski definition) is 2. The van der Waals surface area contributed by atoms with Crippen molar-refractivity contribution in [3.05, 3.63) is 17.5 Å². The summed E-state index contributed by atoms with van der Waals surface area (Å²) in [6.07, 6.45) is 1.32. The quantitative estimate of drug-likeness (QED) is 0.726. The van der Waals surface area contributed by atoms with Gasteiger partial charge in [0.1, 0.15) is 17.3 Å². The summed E-state index contributed by atoms with van der Waals surface area (Å²) in [5.41, 5.74) is 0. The molecule has 0 atom stereocenters. The summed E-state index contributed by atoms with van der Waals surface area (Å²) < 4.78 is 22.9. The molecule has 0 saturated carbocycles. The fraction of sp³-hybridized carbons (Fsp3) is 0.286. The van der Waals surface area contributed by atoms with Gasteiger partial charge in [-0.25, -0.2) is 13.6 Å². The maximum Gasteiger partial charge on any atom is 0.255 e. The van der Waals surface area contributed by atoms with Crippen molar-refractivity contribution in [1.82, 2.24) is 19.6 Å². The predicted octanol–water partition coefficient (Wildman–Crippen LogP) is -0.522. The van der Waals surface area contributed by atoms with Crippen LogP contribution in [0.2, 0.25) is 5.15 Å². The molecule has 0 radical (unpaired) electrons. The maximum atomic E-state index is 10.8. The number of halogens is 1. The molecule has 0 unspecified atom stereocenters. The monoisotopic (exact) mass is 276 g/mol. The van der Waals surface area contributed by atoms with Crippen molar-refractivity contribution in [3.63, 3.8) is 0 Å². The summed E-state index contributed by atoms with van der Waals surface area (Å²) in [6, 6.07) is 1.52. The van der Waals surface area contributed by atoms with Gasteiger partial charge in [-0.15, -0.1) is 0 Å². The van der Waals surface area contributed by atoms with E-state index in [0.29, 0.717) is 11.6 Å². The van der Waals surface area contributed by atoms with Crippen LogP contribution in [0.5, 0.6) is 0 Å². The molecule has 0 bridgehead atoms. The molecule has 2 heterocycles. The molecule has 0 spiro atoms. The molecule has 2 rings (SSSR count). The van der Waals surface area contributed by atoms with E-state index >= 15 is 0 Å². The smallest absolute Gasteiger partial charge is 0.255 e. The van der Waals surface area contributed by atoms with Gasteiger partial charge in [0.05, 0.1) is 5.75 Å². The molecule has 0 amide bonds. The largest absolute Gasteiger partial charge is 0.369 e. The van der Waals surface area contributed by atoms with Crippen LogP contribution in [0, 0.1) is 0 Å². The van der Waals surface area contributed by atoms with E-state index in [1.807, 2.05) is 0 Å². The standard InChI is InChI=1S/C7H9ClN6O2S/c8-5-3-6(10-1-2-17(9,15)16)14-7(13-5)11-4-12-14/h3-4,10H,1-2H2,(H2,9,15,16). The summed E-state index contributed by atoms with van der Waals surface area (Å²) in [5, 5.41) is 11.9. The summed E-state index contributed by atoms with van der Waals surface area (Å²) in [7, 11) is -3.50. The first-order chi connectivity index (χ1) is 7.96. The minimum atomic E-state index is -3.50. The molecule has 2 aromatic rings. The molecule has 0 aromatic carbocycles. The van der Waals surface area contributed by atoms with Crippen LogP contribution in [0.3, 0.4) is 0 Å². The van der Waals surface area contributed by atoms with Gasteiger partial charge < -0.3 is 5.32 Å². The normalized spacial score (nSPS) is 11.9. The average Bonchev–Trinajstić information content (AvgIpc) is 2.63. The Labute approximate surface area is 102 Å². The number of sulfonamides is 1. The van der Waals surface area contributed by atoms with E-state index in [9.17, 15) is 8.42 Å². The van der Waals surface area contributed by atoms with Gasteiger partial charge in [0.15, 0.2) is 0 Å². The second kappa shape index (κ2) is 4.43. The Bertz CT molecular complexity index is 639. The van der Waals surface area contributed by atoms with Gasteiger partial charge in [-0.05, 0) is 0 Å². The highest BCUT2D eigenvalue weighted by Gasteiger charge is 2.07. The van der Waals surface area contributed by atoms with Gasteiger partial charge in [-0.1, -0.05) is 11.6 Å². The second-order valence-electron chi connectivity index (χ2n) is 3.23. The number of nitrogens with zero attached hydrogens (tertiary/aromatic N) is 4. The summed E-state index contributed by atoms with van der Waals surface area (Å²) >= 11 is 5.77. The van der Waals surface area contributed by atoms with E-state index in [4.69, 9.17) is 16.7 Å². The highest BCUT2D eigenvalue weighted by atomic mass is 35.5. The molecule has 0 fully saturated rings. The maximum absolute atomic E-state index is 10.8. The van der Waals surface area contributed by atoms with E-state index in [2.05, 4.69) is 20.4 Å². The van der Waals surface area contributed by atoms with Gasteiger partial charge in [0.25, 0.3) is 5.78 Å². The molecule has 2 aromatic heterocycles. The van der Waals surface area contributed by atoms with E-state index in [1.165, 1.54) is 16.9 Å². The molecule has 0 saturated heterocycles. The number of anilines is 1. The third kappa shape index (κ3) is 3.02. The molecule has 8 nitrogen and oxygen atoms in total. The minimum absolute atomic E-state index is 0.147. The van der Waals surface area contributed by atoms with Crippen LogP contribution in [-0.2, 0) is 10.0 Å². The number of hydrogen-bond acceptors (Lipinski definition) is 6. The van der Waals surface area contributed by atoms with Crippen LogP contribution in [0.4, 0.5) is 5.82 Å². The lowest BCUT2D eigenvalue weighted by molar-refractivity contribution is 0.598. The molecule has 3 N–H and O–H groups in total. The predicted molar refractivity (Wildman–Crippen MR) is 62.3 cm³/mol. The van der Waals surface area contributed by atoms with Crippen molar-refractivity contribution >= 4 is 33.2 Å². The zero-order valence-corrected chi connectivity index (χ0v) is 10.1. The Morgan fingerprint density at radius 2 is 2.29 bits per heavy atom. The summed E-state index contributed by atoms with van der Waals surface area (Å²) in [6.45, 7) is 0.147. The number of primary sulfonamides is 1. The van der Waals surface area contributed by atoms with Crippen LogP contribution in [0.15, 0.2) is 12.4 Å². The Hall–Kier alpha value is -1.45. The first kappa shape index (κ1) is 12.0. The highest BCUT2D eigenvalue weighted by Crippen LogP contribution is 2.13. The van der Waals surface area contributed by atoms with Crippen LogP contribution in [-0.4, -0.2) is 40.3 Å². The van der Waals surface area contributed by atoms with Crippen molar-refractivity contribution in [1.29, 1.82) is 0 Å². The lowest BCUT2D eigenvalue weighted by Crippen LogP contribution is -2.23. The van der Waals surface area contributed by atoms with Crippen molar-refractivity contribution in [3.8, 4) is 0 Å². The van der Waals surface area contributed by atoms with E-state index < -0.39 is 10.0 Å². The molecule has 10 heteroatoms. The Morgan fingerprint density at radius 1 is 1.53 bits per heavy atom. The zero-order valence-electron chi connectivity index (χ0n) is 8.54. The topological polar surface area (TPSA) is 115 Å². The SMILES string of the molecule is NS(=O)(=O)CCNc1cc(Cl)nc2ncnn12. The fourth-order valence-electron chi connectivity index (χ4n) is 1.23.